The molecule has 0 saturated heterocycles. The van der Waals surface area contributed by atoms with Crippen molar-refractivity contribution in [2.24, 2.45) is 11.7 Å². The number of allylic oxidation sites excluding steroid dienone is 2. The molecule has 0 aromatic heterocycles. The second-order valence-electron chi connectivity index (χ2n) is 3.23. The molecule has 0 bridgehead atoms. The smallest absolute Gasteiger partial charge is 0.0226 e. The first kappa shape index (κ1) is 11.6. The first-order valence-electron chi connectivity index (χ1n) is 4.56. The molecule has 0 rings (SSSR count). The van der Waals surface area contributed by atoms with Crippen LogP contribution in [-0.4, -0.2) is 4.86 Å². The molecule has 0 radical (unpaired) electrons. The van der Waals surface area contributed by atoms with Gasteiger partial charge in [0, 0.05) is 10.6 Å². The number of thiocarbonyl (C=S) groups is 1. The molecule has 2 heteroatoms. The van der Waals surface area contributed by atoms with Gasteiger partial charge in [0.05, 0.1) is 0 Å². The Kier molecular flexibility index (Phi) is 5.14. The van der Waals surface area contributed by atoms with Crippen molar-refractivity contribution in [3.63, 3.8) is 0 Å². The molecule has 0 amide bonds. The zero-order valence-electron chi connectivity index (χ0n) is 8.48. The van der Waals surface area contributed by atoms with Crippen LogP contribution in [0.25, 0.3) is 0 Å². The van der Waals surface area contributed by atoms with Gasteiger partial charge in [0.15, 0.2) is 0 Å². The lowest BCUT2D eigenvalue weighted by Crippen LogP contribution is -2.13. The largest absolute Gasteiger partial charge is 0.402 e. The molecule has 1 nitrogen and oxygen atoms in total. The predicted molar refractivity (Wildman–Crippen MR) is 59.2 cm³/mol. The molecule has 0 aliphatic rings. The highest BCUT2D eigenvalue weighted by Crippen LogP contribution is 2.15. The lowest BCUT2D eigenvalue weighted by molar-refractivity contribution is 0.882. The highest BCUT2D eigenvalue weighted by atomic mass is 32.1. The summed E-state index contributed by atoms with van der Waals surface area (Å²) >= 11 is 5.30. The van der Waals surface area contributed by atoms with Crippen LogP contribution in [0.15, 0.2) is 11.3 Å². The second kappa shape index (κ2) is 5.31. The molecule has 0 fully saturated rings. The van der Waals surface area contributed by atoms with E-state index in [4.69, 9.17) is 18.0 Å². The molecule has 0 aromatic carbocycles. The van der Waals surface area contributed by atoms with Gasteiger partial charge in [-0.3, -0.25) is 0 Å². The number of nitrogens with two attached hydrogens (primary N) is 1. The summed E-state index contributed by atoms with van der Waals surface area (Å²) in [5.41, 5.74) is 8.00. The maximum Gasteiger partial charge on any atom is 0.0226 e. The summed E-state index contributed by atoms with van der Waals surface area (Å²) in [5, 5.41) is 0. The lowest BCUT2D eigenvalue weighted by Gasteiger charge is -2.13. The van der Waals surface area contributed by atoms with Crippen LogP contribution in [0.2, 0.25) is 0 Å². The average Bonchev–Trinajstić information content (AvgIpc) is 2.05. The fraction of sp³-hybridized carbons (Fsp3) is 0.700. The van der Waals surface area contributed by atoms with Crippen LogP contribution in [0.5, 0.6) is 0 Å². The van der Waals surface area contributed by atoms with Crippen molar-refractivity contribution >= 4 is 17.1 Å². The van der Waals surface area contributed by atoms with Gasteiger partial charge >= 0.3 is 0 Å². The Labute approximate surface area is 81.0 Å². The number of hydrogen-bond acceptors (Lipinski definition) is 2. The second-order valence-corrected chi connectivity index (χ2v) is 3.67. The van der Waals surface area contributed by atoms with Gasteiger partial charge in [-0.1, -0.05) is 39.9 Å². The van der Waals surface area contributed by atoms with Crippen LogP contribution in [0, 0.1) is 5.92 Å². The maximum absolute atomic E-state index is 5.86. The Hall–Kier alpha value is -0.370. The molecule has 0 spiro atoms. The molecule has 0 unspecified atom stereocenters. The maximum atomic E-state index is 5.86. The van der Waals surface area contributed by atoms with E-state index in [0.29, 0.717) is 5.92 Å². The highest BCUT2D eigenvalue weighted by molar-refractivity contribution is 7.80. The zero-order valence-corrected chi connectivity index (χ0v) is 9.29. The van der Waals surface area contributed by atoms with Gasteiger partial charge in [0.2, 0.25) is 0 Å². The highest BCUT2D eigenvalue weighted by Gasteiger charge is 2.09. The topological polar surface area (TPSA) is 26.0 Å². The summed E-state index contributed by atoms with van der Waals surface area (Å²) in [6, 6.07) is 0. The van der Waals surface area contributed by atoms with Crippen LogP contribution in [0.3, 0.4) is 0 Å². The van der Waals surface area contributed by atoms with Crippen molar-refractivity contribution in [2.75, 3.05) is 0 Å². The van der Waals surface area contributed by atoms with Crippen molar-refractivity contribution in [3.8, 4) is 0 Å². The Balaban J connectivity index is 4.67. The first-order chi connectivity index (χ1) is 5.54. The molecule has 0 atom stereocenters. The third-order valence-electron chi connectivity index (χ3n) is 1.94. The standard InChI is InChI=1S/C10H19NS/c1-5-8(9(11)6-2)10(12)7(3)4/h7H,5-6,11H2,1-4H3. The molecule has 0 aliphatic carbocycles. The molecular weight excluding hydrogens is 166 g/mol. The summed E-state index contributed by atoms with van der Waals surface area (Å²) in [5.74, 6) is 0.431. The van der Waals surface area contributed by atoms with Crippen LogP contribution < -0.4 is 5.73 Å². The minimum Gasteiger partial charge on any atom is -0.402 e. The van der Waals surface area contributed by atoms with E-state index in [1.165, 1.54) is 5.57 Å². The van der Waals surface area contributed by atoms with E-state index < -0.39 is 0 Å². The van der Waals surface area contributed by atoms with Gasteiger partial charge in [0.1, 0.15) is 0 Å². The lowest BCUT2D eigenvalue weighted by atomic mass is 9.98. The zero-order chi connectivity index (χ0) is 9.72. The van der Waals surface area contributed by atoms with Gasteiger partial charge < -0.3 is 5.73 Å². The summed E-state index contributed by atoms with van der Waals surface area (Å²) < 4.78 is 0. The first-order valence-corrected chi connectivity index (χ1v) is 4.97. The van der Waals surface area contributed by atoms with E-state index >= 15 is 0 Å². The number of rotatable bonds is 4. The van der Waals surface area contributed by atoms with Crippen LogP contribution in [0.1, 0.15) is 40.5 Å². The Morgan fingerprint density at radius 2 is 1.75 bits per heavy atom. The van der Waals surface area contributed by atoms with E-state index in [2.05, 4.69) is 27.7 Å². The minimum absolute atomic E-state index is 0.431. The quantitative estimate of drug-likeness (QED) is 0.538. The minimum atomic E-state index is 0.431. The van der Waals surface area contributed by atoms with Crippen molar-refractivity contribution < 1.29 is 0 Å². The van der Waals surface area contributed by atoms with E-state index in [9.17, 15) is 0 Å². The van der Waals surface area contributed by atoms with Crippen molar-refractivity contribution in [2.45, 2.75) is 40.5 Å². The van der Waals surface area contributed by atoms with E-state index in [1.54, 1.807) is 0 Å². The van der Waals surface area contributed by atoms with Crippen molar-refractivity contribution in [3.05, 3.63) is 11.3 Å². The fourth-order valence-electron chi connectivity index (χ4n) is 1.12. The van der Waals surface area contributed by atoms with Crippen molar-refractivity contribution in [1.82, 2.24) is 0 Å². The summed E-state index contributed by atoms with van der Waals surface area (Å²) in [6.07, 6.45) is 1.85. The Morgan fingerprint density at radius 3 is 2.00 bits per heavy atom. The van der Waals surface area contributed by atoms with Crippen molar-refractivity contribution in [1.29, 1.82) is 0 Å². The van der Waals surface area contributed by atoms with Crippen LogP contribution in [-0.2, 0) is 0 Å². The molecule has 12 heavy (non-hydrogen) atoms. The summed E-state index contributed by atoms with van der Waals surface area (Å²) in [6.45, 7) is 8.39. The molecular formula is C10H19NS. The third-order valence-corrected chi connectivity index (χ3v) is 2.66. The van der Waals surface area contributed by atoms with E-state index in [-0.39, 0.29) is 0 Å². The van der Waals surface area contributed by atoms with Gasteiger partial charge in [-0.25, -0.2) is 0 Å². The van der Waals surface area contributed by atoms with Gasteiger partial charge in [-0.2, -0.15) is 0 Å². The Bertz CT molecular complexity index is 192. The molecule has 2 N–H and O–H groups in total. The molecule has 70 valence electrons. The normalized spacial score (nSPS) is 13.1. The van der Waals surface area contributed by atoms with Gasteiger partial charge in [-0.15, -0.1) is 0 Å². The molecule has 0 heterocycles. The average molecular weight is 185 g/mol. The van der Waals surface area contributed by atoms with Gasteiger partial charge in [-0.05, 0) is 24.3 Å². The van der Waals surface area contributed by atoms with Gasteiger partial charge in [0.25, 0.3) is 0 Å². The molecule has 0 aromatic rings. The summed E-state index contributed by atoms with van der Waals surface area (Å²) in [4.78, 5) is 1.02. The molecule has 0 saturated carbocycles. The molecule has 0 aliphatic heterocycles. The fourth-order valence-corrected chi connectivity index (χ4v) is 1.40. The van der Waals surface area contributed by atoms with E-state index in [1.807, 2.05) is 0 Å². The Morgan fingerprint density at radius 1 is 1.25 bits per heavy atom. The third kappa shape index (κ3) is 2.94. The summed E-state index contributed by atoms with van der Waals surface area (Å²) in [7, 11) is 0. The van der Waals surface area contributed by atoms with Crippen LogP contribution in [0.4, 0.5) is 0 Å². The SMILES string of the molecule is CCC(N)=C(CC)C(=S)C(C)C. The predicted octanol–water partition coefficient (Wildman–Crippen LogP) is 3.05. The monoisotopic (exact) mass is 185 g/mol. The number of hydrogen-bond donors (Lipinski definition) is 1. The van der Waals surface area contributed by atoms with E-state index in [0.717, 1.165) is 23.4 Å². The van der Waals surface area contributed by atoms with Crippen LogP contribution >= 0.6 is 12.2 Å².